The van der Waals surface area contributed by atoms with Gasteiger partial charge in [0.25, 0.3) is 5.91 Å². The second-order valence-electron chi connectivity index (χ2n) is 9.37. The van der Waals surface area contributed by atoms with Crippen molar-refractivity contribution in [3.05, 3.63) is 82.2 Å². The fourth-order valence-corrected chi connectivity index (χ4v) is 5.73. The normalized spacial score (nSPS) is 14.1. The molecule has 0 radical (unpaired) electrons. The molecule has 38 heavy (non-hydrogen) atoms. The molecule has 12 heteroatoms. The zero-order valence-electron chi connectivity index (χ0n) is 20.3. The van der Waals surface area contributed by atoms with E-state index in [9.17, 15) is 4.79 Å². The van der Waals surface area contributed by atoms with Gasteiger partial charge in [-0.05, 0) is 59.5 Å². The zero-order chi connectivity index (χ0) is 26.4. The molecule has 1 saturated carbocycles. The summed E-state index contributed by atoms with van der Waals surface area (Å²) in [6, 6.07) is 8.58. The molecule has 1 unspecified atom stereocenters. The van der Waals surface area contributed by atoms with Crippen LogP contribution in [0.25, 0.3) is 27.3 Å². The highest BCUT2D eigenvalue weighted by molar-refractivity contribution is 7.17. The number of thiophene rings is 1. The van der Waals surface area contributed by atoms with Crippen molar-refractivity contribution in [2.24, 2.45) is 11.7 Å². The van der Waals surface area contributed by atoms with Crippen molar-refractivity contribution in [1.29, 1.82) is 0 Å². The van der Waals surface area contributed by atoms with Crippen molar-refractivity contribution < 1.29 is 9.18 Å². The molecule has 4 aromatic heterocycles. The van der Waals surface area contributed by atoms with Gasteiger partial charge in [-0.1, -0.05) is 30.5 Å². The van der Waals surface area contributed by atoms with Crippen LogP contribution in [-0.2, 0) is 0 Å². The van der Waals surface area contributed by atoms with E-state index in [4.69, 9.17) is 22.3 Å². The highest BCUT2D eigenvalue weighted by Crippen LogP contribution is 2.40. The summed E-state index contributed by atoms with van der Waals surface area (Å²) in [5.74, 6) is -0.398. The Morgan fingerprint density at radius 3 is 2.74 bits per heavy atom. The van der Waals surface area contributed by atoms with E-state index in [-0.39, 0.29) is 16.6 Å². The minimum absolute atomic E-state index is 0.0000510. The Morgan fingerprint density at radius 1 is 1.24 bits per heavy atom. The van der Waals surface area contributed by atoms with Gasteiger partial charge >= 0.3 is 0 Å². The number of amides is 1. The van der Waals surface area contributed by atoms with E-state index in [1.54, 1.807) is 24.5 Å². The first kappa shape index (κ1) is 24.4. The first-order chi connectivity index (χ1) is 18.4. The Morgan fingerprint density at radius 2 is 2.08 bits per heavy atom. The lowest BCUT2D eigenvalue weighted by Crippen LogP contribution is -2.13. The molecule has 1 amide bonds. The Hall–Kier alpha value is -3.96. The third-order valence-electron chi connectivity index (χ3n) is 6.68. The second-order valence-corrected chi connectivity index (χ2v) is 10.8. The summed E-state index contributed by atoms with van der Waals surface area (Å²) in [7, 11) is 0. The Bertz CT molecular complexity index is 1630. The third-order valence-corrected chi connectivity index (χ3v) is 8.27. The van der Waals surface area contributed by atoms with Gasteiger partial charge in [0.2, 0.25) is 0 Å². The van der Waals surface area contributed by atoms with Crippen LogP contribution in [0.2, 0.25) is 5.02 Å². The SMILES string of the molecule is Cc1cc(C(N)=O)sc1-c1cnn(C(CC2CC2)c2ccc(-c3c(-n4cnnn4)ccc(Cl)c3F)cn2)c1. The molecule has 1 aliphatic carbocycles. The van der Waals surface area contributed by atoms with Crippen LogP contribution >= 0.6 is 22.9 Å². The van der Waals surface area contributed by atoms with Crippen molar-refractivity contribution >= 4 is 28.8 Å². The lowest BCUT2D eigenvalue weighted by Gasteiger charge is -2.18. The number of nitrogens with zero attached hydrogens (tertiary/aromatic N) is 7. The summed E-state index contributed by atoms with van der Waals surface area (Å²) < 4.78 is 18.5. The molecule has 2 N–H and O–H groups in total. The van der Waals surface area contributed by atoms with Gasteiger partial charge in [0.15, 0.2) is 5.82 Å². The van der Waals surface area contributed by atoms with Gasteiger partial charge in [-0.3, -0.25) is 14.5 Å². The van der Waals surface area contributed by atoms with Crippen molar-refractivity contribution in [3.63, 3.8) is 0 Å². The molecule has 192 valence electrons. The number of tetrazole rings is 1. The van der Waals surface area contributed by atoms with E-state index in [1.807, 2.05) is 29.9 Å². The molecular weight excluding hydrogens is 527 g/mol. The van der Waals surface area contributed by atoms with Gasteiger partial charge in [-0.25, -0.2) is 4.39 Å². The van der Waals surface area contributed by atoms with E-state index in [0.717, 1.165) is 28.1 Å². The summed E-state index contributed by atoms with van der Waals surface area (Å²) in [6.07, 6.45) is 10.1. The third kappa shape index (κ3) is 4.59. The highest BCUT2D eigenvalue weighted by atomic mass is 35.5. The largest absolute Gasteiger partial charge is 0.365 e. The Labute approximate surface area is 226 Å². The number of primary amides is 1. The maximum absolute atomic E-state index is 15.2. The molecule has 1 atom stereocenters. The van der Waals surface area contributed by atoms with E-state index in [1.165, 1.54) is 41.3 Å². The van der Waals surface area contributed by atoms with Gasteiger partial charge in [0.05, 0.1) is 33.5 Å². The Kier molecular flexibility index (Phi) is 6.24. The van der Waals surface area contributed by atoms with Crippen LogP contribution in [-0.4, -0.2) is 40.9 Å². The molecule has 4 heterocycles. The van der Waals surface area contributed by atoms with Gasteiger partial charge in [-0.15, -0.1) is 16.4 Å². The number of pyridine rings is 1. The topological polar surface area (TPSA) is 117 Å². The highest BCUT2D eigenvalue weighted by Gasteiger charge is 2.29. The van der Waals surface area contributed by atoms with Gasteiger partial charge in [-0.2, -0.15) is 9.78 Å². The predicted octanol–water partition coefficient (Wildman–Crippen LogP) is 5.24. The number of aryl methyl sites for hydroxylation is 1. The summed E-state index contributed by atoms with van der Waals surface area (Å²) in [4.78, 5) is 17.9. The molecule has 9 nitrogen and oxygen atoms in total. The average Bonchev–Trinajstić information content (AvgIpc) is 3.28. The molecule has 0 bridgehead atoms. The first-order valence-electron chi connectivity index (χ1n) is 12.0. The molecule has 1 fully saturated rings. The molecule has 6 rings (SSSR count). The fraction of sp³-hybridized carbons (Fsp3) is 0.231. The van der Waals surface area contributed by atoms with Crippen LogP contribution in [0.3, 0.4) is 0 Å². The Balaban J connectivity index is 1.35. The molecule has 1 aliphatic rings. The van der Waals surface area contributed by atoms with Crippen molar-refractivity contribution in [3.8, 4) is 27.3 Å². The number of nitrogens with two attached hydrogens (primary N) is 1. The van der Waals surface area contributed by atoms with E-state index < -0.39 is 11.7 Å². The summed E-state index contributed by atoms with van der Waals surface area (Å²) in [5, 5.41) is 15.9. The number of aromatic nitrogens is 7. The number of carbonyl (C=O) groups is 1. The van der Waals surface area contributed by atoms with Crippen molar-refractivity contribution in [2.75, 3.05) is 0 Å². The van der Waals surface area contributed by atoms with Crippen molar-refractivity contribution in [2.45, 2.75) is 32.2 Å². The number of hydrogen-bond donors (Lipinski definition) is 1. The van der Waals surface area contributed by atoms with E-state index in [2.05, 4.69) is 20.6 Å². The standard InChI is InChI=1S/C26H22ClFN8OS/c1-14-8-22(26(29)37)38-25(14)17-11-32-35(12-17)21(9-15-2-3-15)19-6-4-16(10-30-19)23-20(36-13-31-33-34-36)7-5-18(27)24(23)28/h4-8,10-13,15,21H,2-3,9H2,1H3,(H2,29,37). The van der Waals surface area contributed by atoms with Gasteiger partial charge < -0.3 is 5.73 Å². The smallest absolute Gasteiger partial charge is 0.258 e. The van der Waals surface area contributed by atoms with Gasteiger partial charge in [0, 0.05) is 34.0 Å². The minimum Gasteiger partial charge on any atom is -0.365 e. The number of rotatable bonds is 8. The van der Waals surface area contributed by atoms with Crippen LogP contribution in [0.1, 0.15) is 46.2 Å². The molecule has 0 aliphatic heterocycles. The van der Waals surface area contributed by atoms with Crippen LogP contribution in [0, 0.1) is 18.7 Å². The lowest BCUT2D eigenvalue weighted by atomic mass is 10.0. The number of halogens is 2. The van der Waals surface area contributed by atoms with Crippen LogP contribution in [0.4, 0.5) is 4.39 Å². The molecule has 0 saturated heterocycles. The van der Waals surface area contributed by atoms with E-state index in [0.29, 0.717) is 22.0 Å². The van der Waals surface area contributed by atoms with Crippen LogP contribution < -0.4 is 5.73 Å². The number of benzene rings is 1. The monoisotopic (exact) mass is 548 g/mol. The summed E-state index contributed by atoms with van der Waals surface area (Å²) in [5.41, 5.74) is 9.47. The molecular formula is C26H22ClFN8OS. The maximum atomic E-state index is 15.2. The molecule has 1 aromatic carbocycles. The summed E-state index contributed by atoms with van der Waals surface area (Å²) >= 11 is 7.48. The number of hydrogen-bond acceptors (Lipinski definition) is 7. The lowest BCUT2D eigenvalue weighted by molar-refractivity contribution is 0.100. The zero-order valence-corrected chi connectivity index (χ0v) is 21.8. The second kappa shape index (κ2) is 9.73. The maximum Gasteiger partial charge on any atom is 0.258 e. The fourth-order valence-electron chi connectivity index (χ4n) is 4.58. The predicted molar refractivity (Wildman–Crippen MR) is 142 cm³/mol. The quantitative estimate of drug-likeness (QED) is 0.283. The minimum atomic E-state index is -0.567. The van der Waals surface area contributed by atoms with Crippen molar-refractivity contribution in [1.82, 2.24) is 35.0 Å². The first-order valence-corrected chi connectivity index (χ1v) is 13.2. The van der Waals surface area contributed by atoms with E-state index >= 15 is 4.39 Å². The molecule has 0 spiro atoms. The van der Waals surface area contributed by atoms with Crippen LogP contribution in [0.15, 0.2) is 55.2 Å². The van der Waals surface area contributed by atoms with Gasteiger partial charge in [0.1, 0.15) is 6.33 Å². The molecule has 5 aromatic rings. The summed E-state index contributed by atoms with van der Waals surface area (Å²) in [6.45, 7) is 1.95. The average molecular weight is 549 g/mol. The van der Waals surface area contributed by atoms with Crippen LogP contribution in [0.5, 0.6) is 0 Å². The number of carbonyl (C=O) groups excluding carboxylic acids is 1.